The van der Waals surface area contributed by atoms with Gasteiger partial charge in [0.05, 0.1) is 24.1 Å². The van der Waals surface area contributed by atoms with E-state index in [9.17, 15) is 9.59 Å². The lowest BCUT2D eigenvalue weighted by atomic mass is 10.1. The Morgan fingerprint density at radius 3 is 2.54 bits per heavy atom. The first-order valence-electron chi connectivity index (χ1n) is 8.65. The Balaban J connectivity index is 1.63. The van der Waals surface area contributed by atoms with E-state index in [1.54, 1.807) is 67.6 Å². The van der Waals surface area contributed by atoms with E-state index >= 15 is 0 Å². The third kappa shape index (κ3) is 5.14. The number of furan rings is 1. The number of carbonyl (C=O) groups is 2. The van der Waals surface area contributed by atoms with E-state index < -0.39 is 6.10 Å². The molecule has 0 fully saturated rings. The monoisotopic (exact) mass is 398 g/mol. The number of para-hydroxylation sites is 1. The third-order valence-corrected chi connectivity index (χ3v) is 4.18. The number of hydrogen-bond acceptors (Lipinski definition) is 4. The van der Waals surface area contributed by atoms with Gasteiger partial charge >= 0.3 is 0 Å². The molecule has 1 atom stereocenters. The summed E-state index contributed by atoms with van der Waals surface area (Å²) in [7, 11) is 0. The highest BCUT2D eigenvalue weighted by molar-refractivity contribution is 6.30. The molecule has 0 aliphatic carbocycles. The number of halogens is 1. The summed E-state index contributed by atoms with van der Waals surface area (Å²) in [6, 6.07) is 17.0. The first-order chi connectivity index (χ1) is 13.5. The quantitative estimate of drug-likeness (QED) is 0.622. The van der Waals surface area contributed by atoms with Gasteiger partial charge in [-0.05, 0) is 55.5 Å². The van der Waals surface area contributed by atoms with E-state index in [0.717, 1.165) is 0 Å². The maximum Gasteiger partial charge on any atom is 0.265 e. The molecule has 0 saturated carbocycles. The van der Waals surface area contributed by atoms with Gasteiger partial charge in [-0.25, -0.2) is 0 Å². The van der Waals surface area contributed by atoms with Gasteiger partial charge in [-0.1, -0.05) is 23.7 Å². The van der Waals surface area contributed by atoms with Gasteiger partial charge in [0.25, 0.3) is 11.8 Å². The first-order valence-corrected chi connectivity index (χ1v) is 9.03. The number of ether oxygens (including phenoxy) is 1. The van der Waals surface area contributed by atoms with Gasteiger partial charge in [0.1, 0.15) is 11.5 Å². The van der Waals surface area contributed by atoms with E-state index in [-0.39, 0.29) is 18.4 Å². The predicted octanol–water partition coefficient (Wildman–Crippen LogP) is 4.27. The first kappa shape index (κ1) is 19.5. The molecule has 2 aromatic carbocycles. The summed E-state index contributed by atoms with van der Waals surface area (Å²) in [5.74, 6) is 0.469. The number of nitrogens with one attached hydrogen (secondary N) is 2. The standard InChI is InChI=1S/C21H19ClN2O4/c1-14(28-16-10-8-15(22)9-11-16)20(25)24-19-7-3-2-6-18(19)21(26)23-13-17-5-4-12-27-17/h2-12,14H,13H2,1H3,(H,23,26)(H,24,25)/t14-/m0/s1. The van der Waals surface area contributed by atoms with Crippen molar-refractivity contribution in [2.75, 3.05) is 5.32 Å². The molecule has 28 heavy (non-hydrogen) atoms. The summed E-state index contributed by atoms with van der Waals surface area (Å²) in [5.41, 5.74) is 0.747. The van der Waals surface area contributed by atoms with Crippen LogP contribution in [-0.2, 0) is 11.3 Å². The Kier molecular flexibility index (Phi) is 6.34. The van der Waals surface area contributed by atoms with Crippen molar-refractivity contribution in [1.82, 2.24) is 5.32 Å². The van der Waals surface area contributed by atoms with Crippen molar-refractivity contribution >= 4 is 29.1 Å². The fourth-order valence-corrected chi connectivity index (χ4v) is 2.60. The van der Waals surface area contributed by atoms with Crippen molar-refractivity contribution in [2.24, 2.45) is 0 Å². The van der Waals surface area contributed by atoms with Crippen LogP contribution in [0.4, 0.5) is 5.69 Å². The van der Waals surface area contributed by atoms with Gasteiger partial charge in [0, 0.05) is 5.02 Å². The number of carbonyl (C=O) groups excluding carboxylic acids is 2. The minimum Gasteiger partial charge on any atom is -0.481 e. The molecule has 0 aliphatic heterocycles. The number of anilines is 1. The zero-order chi connectivity index (χ0) is 19.9. The van der Waals surface area contributed by atoms with Crippen LogP contribution in [0.2, 0.25) is 5.02 Å². The summed E-state index contributed by atoms with van der Waals surface area (Å²) in [5, 5.41) is 6.09. The second kappa shape index (κ2) is 9.10. The van der Waals surface area contributed by atoms with E-state index in [1.165, 1.54) is 6.26 Å². The van der Waals surface area contributed by atoms with Crippen LogP contribution in [-0.4, -0.2) is 17.9 Å². The number of amides is 2. The lowest BCUT2D eigenvalue weighted by molar-refractivity contribution is -0.122. The molecule has 1 heterocycles. The molecule has 1 aromatic heterocycles. The van der Waals surface area contributed by atoms with E-state index in [2.05, 4.69) is 10.6 Å². The maximum atomic E-state index is 12.5. The molecular formula is C21H19ClN2O4. The minimum atomic E-state index is -0.764. The molecule has 6 nitrogen and oxygen atoms in total. The largest absolute Gasteiger partial charge is 0.481 e. The van der Waals surface area contributed by atoms with Crippen LogP contribution in [0.3, 0.4) is 0 Å². The van der Waals surface area contributed by atoms with Crippen molar-refractivity contribution in [3.8, 4) is 5.75 Å². The predicted molar refractivity (Wildman–Crippen MR) is 106 cm³/mol. The summed E-state index contributed by atoms with van der Waals surface area (Å²) in [4.78, 5) is 25.0. The van der Waals surface area contributed by atoms with E-state index in [1.807, 2.05) is 0 Å². The minimum absolute atomic E-state index is 0.254. The molecule has 0 spiro atoms. The van der Waals surface area contributed by atoms with Crippen LogP contribution in [0.5, 0.6) is 5.75 Å². The highest BCUT2D eigenvalue weighted by atomic mass is 35.5. The molecule has 0 bridgehead atoms. The Labute approximate surface area is 167 Å². The van der Waals surface area contributed by atoms with Gasteiger partial charge in [-0.3, -0.25) is 9.59 Å². The second-order valence-electron chi connectivity index (χ2n) is 6.01. The zero-order valence-corrected chi connectivity index (χ0v) is 15.9. The van der Waals surface area contributed by atoms with Crippen LogP contribution in [0.25, 0.3) is 0 Å². The molecule has 0 radical (unpaired) electrons. The lowest BCUT2D eigenvalue weighted by Crippen LogP contribution is -2.31. The average Bonchev–Trinajstić information content (AvgIpc) is 3.22. The number of rotatable bonds is 7. The fourth-order valence-electron chi connectivity index (χ4n) is 2.47. The third-order valence-electron chi connectivity index (χ3n) is 3.93. The SMILES string of the molecule is C[C@H](Oc1ccc(Cl)cc1)C(=O)Nc1ccccc1C(=O)NCc1ccco1. The van der Waals surface area contributed by atoms with Gasteiger partial charge in [0.15, 0.2) is 6.10 Å². The summed E-state index contributed by atoms with van der Waals surface area (Å²) >= 11 is 5.84. The molecule has 3 aromatic rings. The van der Waals surface area contributed by atoms with E-state index in [0.29, 0.717) is 27.8 Å². The molecule has 7 heteroatoms. The topological polar surface area (TPSA) is 80.6 Å². The fraction of sp³-hybridized carbons (Fsp3) is 0.143. The van der Waals surface area contributed by atoms with Gasteiger partial charge < -0.3 is 19.8 Å². The number of hydrogen-bond donors (Lipinski definition) is 2. The average molecular weight is 399 g/mol. The Hall–Kier alpha value is -3.25. The van der Waals surface area contributed by atoms with Crippen LogP contribution < -0.4 is 15.4 Å². The highest BCUT2D eigenvalue weighted by Crippen LogP contribution is 2.19. The van der Waals surface area contributed by atoms with Gasteiger partial charge in [0.2, 0.25) is 0 Å². The van der Waals surface area contributed by atoms with Gasteiger partial charge in [-0.2, -0.15) is 0 Å². The maximum absolute atomic E-state index is 12.5. The number of benzene rings is 2. The summed E-state index contributed by atoms with van der Waals surface area (Å²) in [6.07, 6.45) is 0.776. The lowest BCUT2D eigenvalue weighted by Gasteiger charge is -2.16. The molecule has 3 rings (SSSR count). The molecule has 0 aliphatic rings. The molecule has 0 saturated heterocycles. The molecule has 2 amide bonds. The Morgan fingerprint density at radius 1 is 1.07 bits per heavy atom. The van der Waals surface area contributed by atoms with Crippen molar-refractivity contribution in [3.05, 3.63) is 83.3 Å². The molecule has 2 N–H and O–H groups in total. The Morgan fingerprint density at radius 2 is 1.82 bits per heavy atom. The van der Waals surface area contributed by atoms with Crippen LogP contribution in [0.15, 0.2) is 71.3 Å². The van der Waals surface area contributed by atoms with Crippen LogP contribution in [0, 0.1) is 0 Å². The zero-order valence-electron chi connectivity index (χ0n) is 15.1. The van der Waals surface area contributed by atoms with Crippen molar-refractivity contribution in [3.63, 3.8) is 0 Å². The van der Waals surface area contributed by atoms with Crippen molar-refractivity contribution < 1.29 is 18.7 Å². The summed E-state index contributed by atoms with van der Waals surface area (Å²) < 4.78 is 10.8. The normalized spacial score (nSPS) is 11.5. The second-order valence-corrected chi connectivity index (χ2v) is 6.45. The van der Waals surface area contributed by atoms with Crippen molar-refractivity contribution in [2.45, 2.75) is 19.6 Å². The molecular weight excluding hydrogens is 380 g/mol. The molecule has 144 valence electrons. The molecule has 0 unspecified atom stereocenters. The van der Waals surface area contributed by atoms with Crippen molar-refractivity contribution in [1.29, 1.82) is 0 Å². The summed E-state index contributed by atoms with van der Waals surface area (Å²) in [6.45, 7) is 1.88. The van der Waals surface area contributed by atoms with Crippen LogP contribution >= 0.6 is 11.6 Å². The Bertz CT molecular complexity index is 939. The smallest absolute Gasteiger partial charge is 0.265 e. The highest BCUT2D eigenvalue weighted by Gasteiger charge is 2.18. The van der Waals surface area contributed by atoms with Crippen LogP contribution in [0.1, 0.15) is 23.0 Å². The van der Waals surface area contributed by atoms with Gasteiger partial charge in [-0.15, -0.1) is 0 Å². The van der Waals surface area contributed by atoms with E-state index in [4.69, 9.17) is 20.8 Å².